The highest BCUT2D eigenvalue weighted by Crippen LogP contribution is 2.17. The second kappa shape index (κ2) is 5.16. The predicted octanol–water partition coefficient (Wildman–Crippen LogP) is 2.17. The maximum absolute atomic E-state index is 8.53. The molecule has 70 valence electrons. The molecule has 2 nitrogen and oxygen atoms in total. The quantitative estimate of drug-likeness (QED) is 0.683. The monoisotopic (exact) mass is 168 g/mol. The summed E-state index contributed by atoms with van der Waals surface area (Å²) in [5.41, 5.74) is 0.356. The highest BCUT2D eigenvalue weighted by molar-refractivity contribution is 4.81. The smallest absolute Gasteiger partial charge is 0.0666 e. The molecule has 1 unspecified atom stereocenters. The molecule has 0 saturated heterocycles. The highest BCUT2D eigenvalue weighted by atomic mass is 14.9. The van der Waals surface area contributed by atoms with Crippen molar-refractivity contribution in [2.45, 2.75) is 34.1 Å². The second-order valence-electron chi connectivity index (χ2n) is 4.18. The summed E-state index contributed by atoms with van der Waals surface area (Å²) in [4.78, 5) is 0. The standard InChI is InChI=1S/C10H20N2/c1-5-10(3,4)8-12-7-9(2)6-11/h9,12H,5,7-8H2,1-4H3. The van der Waals surface area contributed by atoms with Crippen molar-refractivity contribution < 1.29 is 0 Å². The molecule has 0 rings (SSSR count). The summed E-state index contributed by atoms with van der Waals surface area (Å²) >= 11 is 0. The van der Waals surface area contributed by atoms with Gasteiger partial charge in [0.1, 0.15) is 0 Å². The third-order valence-electron chi connectivity index (χ3n) is 2.23. The fraction of sp³-hybridized carbons (Fsp3) is 0.900. The molecular weight excluding hydrogens is 148 g/mol. The molecule has 2 heteroatoms. The average molecular weight is 168 g/mol. The summed E-state index contributed by atoms with van der Waals surface area (Å²) in [6.07, 6.45) is 1.17. The SMILES string of the molecule is CCC(C)(C)CNCC(C)C#N. The van der Waals surface area contributed by atoms with E-state index in [9.17, 15) is 0 Å². The number of nitrogens with one attached hydrogen (secondary N) is 1. The van der Waals surface area contributed by atoms with Crippen molar-refractivity contribution in [1.82, 2.24) is 5.32 Å². The molecule has 0 aromatic rings. The van der Waals surface area contributed by atoms with Crippen molar-refractivity contribution in [2.75, 3.05) is 13.1 Å². The Bertz CT molecular complexity index is 156. The van der Waals surface area contributed by atoms with E-state index in [1.807, 2.05) is 6.92 Å². The van der Waals surface area contributed by atoms with E-state index >= 15 is 0 Å². The van der Waals surface area contributed by atoms with Gasteiger partial charge in [0, 0.05) is 13.1 Å². The van der Waals surface area contributed by atoms with Crippen LogP contribution in [0.5, 0.6) is 0 Å². The number of hydrogen-bond donors (Lipinski definition) is 1. The Morgan fingerprint density at radius 1 is 1.50 bits per heavy atom. The predicted molar refractivity (Wildman–Crippen MR) is 51.7 cm³/mol. The van der Waals surface area contributed by atoms with Crippen LogP contribution in [0.1, 0.15) is 34.1 Å². The van der Waals surface area contributed by atoms with Gasteiger partial charge in [-0.2, -0.15) is 5.26 Å². The van der Waals surface area contributed by atoms with Crippen LogP contribution in [0.2, 0.25) is 0 Å². The highest BCUT2D eigenvalue weighted by Gasteiger charge is 2.14. The van der Waals surface area contributed by atoms with Crippen LogP contribution in [0.25, 0.3) is 0 Å². The lowest BCUT2D eigenvalue weighted by Gasteiger charge is -2.23. The molecule has 0 amide bonds. The van der Waals surface area contributed by atoms with E-state index in [1.165, 1.54) is 6.42 Å². The zero-order valence-electron chi connectivity index (χ0n) is 8.65. The van der Waals surface area contributed by atoms with Gasteiger partial charge < -0.3 is 5.32 Å². The molecule has 1 atom stereocenters. The van der Waals surface area contributed by atoms with Crippen molar-refractivity contribution in [3.63, 3.8) is 0 Å². The van der Waals surface area contributed by atoms with E-state index in [-0.39, 0.29) is 5.92 Å². The first-order chi connectivity index (χ1) is 5.52. The summed E-state index contributed by atoms with van der Waals surface area (Å²) in [5, 5.41) is 11.8. The van der Waals surface area contributed by atoms with Gasteiger partial charge >= 0.3 is 0 Å². The van der Waals surface area contributed by atoms with Gasteiger partial charge in [-0.3, -0.25) is 0 Å². The summed E-state index contributed by atoms with van der Waals surface area (Å²) in [5.74, 6) is 0.123. The Kier molecular flexibility index (Phi) is 4.92. The molecule has 0 fully saturated rings. The molecule has 12 heavy (non-hydrogen) atoms. The van der Waals surface area contributed by atoms with Crippen LogP contribution in [0.4, 0.5) is 0 Å². The molecule has 0 aliphatic rings. The van der Waals surface area contributed by atoms with Gasteiger partial charge in [0.05, 0.1) is 12.0 Å². The third-order valence-corrected chi connectivity index (χ3v) is 2.23. The van der Waals surface area contributed by atoms with Crippen LogP contribution < -0.4 is 5.32 Å². The summed E-state index contributed by atoms with van der Waals surface area (Å²) < 4.78 is 0. The molecule has 0 aromatic heterocycles. The normalized spacial score (nSPS) is 13.9. The van der Waals surface area contributed by atoms with Crippen molar-refractivity contribution in [1.29, 1.82) is 5.26 Å². The van der Waals surface area contributed by atoms with Gasteiger partial charge in [-0.25, -0.2) is 0 Å². The molecule has 0 aliphatic heterocycles. The number of hydrogen-bond acceptors (Lipinski definition) is 2. The van der Waals surface area contributed by atoms with Gasteiger partial charge in [0.15, 0.2) is 0 Å². The van der Waals surface area contributed by atoms with Crippen LogP contribution in [0.15, 0.2) is 0 Å². The fourth-order valence-corrected chi connectivity index (χ4v) is 0.798. The molecule has 0 spiro atoms. The Balaban J connectivity index is 3.51. The lowest BCUT2D eigenvalue weighted by atomic mass is 9.90. The van der Waals surface area contributed by atoms with Gasteiger partial charge in [-0.15, -0.1) is 0 Å². The fourth-order valence-electron chi connectivity index (χ4n) is 0.798. The van der Waals surface area contributed by atoms with Crippen molar-refractivity contribution >= 4 is 0 Å². The average Bonchev–Trinajstić information content (AvgIpc) is 2.04. The minimum absolute atomic E-state index is 0.123. The van der Waals surface area contributed by atoms with Crippen LogP contribution in [0.3, 0.4) is 0 Å². The summed E-state index contributed by atoms with van der Waals surface area (Å²) in [6, 6.07) is 2.21. The van der Waals surface area contributed by atoms with E-state index in [1.54, 1.807) is 0 Å². The molecule has 0 heterocycles. The minimum atomic E-state index is 0.123. The Hall–Kier alpha value is -0.550. The van der Waals surface area contributed by atoms with Crippen LogP contribution in [0, 0.1) is 22.7 Å². The van der Waals surface area contributed by atoms with Crippen molar-refractivity contribution in [3.05, 3.63) is 0 Å². The number of rotatable bonds is 5. The first kappa shape index (κ1) is 11.4. The zero-order chi connectivity index (χ0) is 9.61. The molecule has 0 radical (unpaired) electrons. The molecule has 0 bridgehead atoms. The Labute approximate surface area is 76.0 Å². The molecule has 0 saturated carbocycles. The maximum Gasteiger partial charge on any atom is 0.0666 e. The van der Waals surface area contributed by atoms with Gasteiger partial charge in [-0.05, 0) is 18.8 Å². The van der Waals surface area contributed by atoms with Crippen LogP contribution >= 0.6 is 0 Å². The van der Waals surface area contributed by atoms with E-state index < -0.39 is 0 Å². The summed E-state index contributed by atoms with van der Waals surface area (Å²) in [6.45, 7) is 10.4. The Morgan fingerprint density at radius 3 is 2.50 bits per heavy atom. The third kappa shape index (κ3) is 5.15. The zero-order valence-corrected chi connectivity index (χ0v) is 8.65. The molecule has 0 aromatic carbocycles. The lowest BCUT2D eigenvalue weighted by Crippen LogP contribution is -2.31. The van der Waals surface area contributed by atoms with Gasteiger partial charge in [-0.1, -0.05) is 20.8 Å². The molecule has 0 aliphatic carbocycles. The van der Waals surface area contributed by atoms with Gasteiger partial charge in [0.25, 0.3) is 0 Å². The lowest BCUT2D eigenvalue weighted by molar-refractivity contribution is 0.324. The number of nitrogens with zero attached hydrogens (tertiary/aromatic N) is 1. The van der Waals surface area contributed by atoms with E-state index in [4.69, 9.17) is 5.26 Å². The minimum Gasteiger partial charge on any atom is -0.315 e. The maximum atomic E-state index is 8.53. The van der Waals surface area contributed by atoms with Crippen molar-refractivity contribution in [3.8, 4) is 6.07 Å². The first-order valence-corrected chi connectivity index (χ1v) is 4.62. The van der Waals surface area contributed by atoms with Crippen LogP contribution in [-0.2, 0) is 0 Å². The van der Waals surface area contributed by atoms with E-state index in [0.717, 1.165) is 13.1 Å². The van der Waals surface area contributed by atoms with E-state index in [0.29, 0.717) is 5.41 Å². The van der Waals surface area contributed by atoms with E-state index in [2.05, 4.69) is 32.2 Å². The second-order valence-corrected chi connectivity index (χ2v) is 4.18. The number of nitriles is 1. The largest absolute Gasteiger partial charge is 0.315 e. The van der Waals surface area contributed by atoms with Crippen LogP contribution in [-0.4, -0.2) is 13.1 Å². The molecular formula is C10H20N2. The topological polar surface area (TPSA) is 35.8 Å². The Morgan fingerprint density at radius 2 is 2.08 bits per heavy atom. The summed E-state index contributed by atoms with van der Waals surface area (Å²) in [7, 11) is 0. The molecule has 1 N–H and O–H groups in total. The van der Waals surface area contributed by atoms with Crippen molar-refractivity contribution in [2.24, 2.45) is 11.3 Å². The van der Waals surface area contributed by atoms with Gasteiger partial charge in [0.2, 0.25) is 0 Å². The first-order valence-electron chi connectivity index (χ1n) is 4.62.